The maximum atomic E-state index is 5.87. The molecule has 0 aromatic carbocycles. The molecule has 2 aromatic heterocycles. The first-order valence-electron chi connectivity index (χ1n) is 7.71. The molecule has 9 heteroatoms. The Labute approximate surface area is 154 Å². The number of nitrogens with zero attached hydrogens (tertiary/aromatic N) is 6. The van der Waals surface area contributed by atoms with Crippen molar-refractivity contribution >= 4 is 30.6 Å². The van der Waals surface area contributed by atoms with Crippen LogP contribution in [0.1, 0.15) is 50.2 Å². The van der Waals surface area contributed by atoms with Crippen LogP contribution in [0.3, 0.4) is 0 Å². The number of halogens is 2. The van der Waals surface area contributed by atoms with Gasteiger partial charge in [0.2, 0.25) is 0 Å². The van der Waals surface area contributed by atoms with Gasteiger partial charge >= 0.3 is 0 Å². The van der Waals surface area contributed by atoms with Crippen LogP contribution in [0.15, 0.2) is 18.7 Å². The number of rotatable bonds is 5. The molecule has 2 heterocycles. The van der Waals surface area contributed by atoms with Gasteiger partial charge in [-0.05, 0) is 26.7 Å². The first-order chi connectivity index (χ1) is 10.5. The highest BCUT2D eigenvalue weighted by Crippen LogP contribution is 2.35. The van der Waals surface area contributed by atoms with Crippen molar-refractivity contribution in [3.05, 3.63) is 30.2 Å². The molecule has 1 saturated carbocycles. The Hall–Kier alpha value is -1.44. The molecule has 134 valence electrons. The maximum Gasteiger partial charge on any atom is 0.152 e. The highest BCUT2D eigenvalue weighted by molar-refractivity contribution is 5.85. The molecular formula is C15H25Cl2N7. The summed E-state index contributed by atoms with van der Waals surface area (Å²) >= 11 is 0. The smallest absolute Gasteiger partial charge is 0.152 e. The first-order valence-corrected chi connectivity index (χ1v) is 7.71. The van der Waals surface area contributed by atoms with E-state index in [2.05, 4.69) is 49.5 Å². The molecule has 2 aromatic rings. The fourth-order valence-corrected chi connectivity index (χ4v) is 2.80. The summed E-state index contributed by atoms with van der Waals surface area (Å²) < 4.78 is 2.07. The van der Waals surface area contributed by atoms with Crippen LogP contribution in [0.25, 0.3) is 0 Å². The third kappa shape index (κ3) is 4.34. The molecule has 0 spiro atoms. The van der Waals surface area contributed by atoms with Crippen LogP contribution < -0.4 is 10.6 Å². The molecule has 0 bridgehead atoms. The largest absolute Gasteiger partial charge is 0.352 e. The normalized spacial score (nSPS) is 19.2. The lowest BCUT2D eigenvalue weighted by Crippen LogP contribution is -2.35. The summed E-state index contributed by atoms with van der Waals surface area (Å²) in [7, 11) is 2.01. The van der Waals surface area contributed by atoms with Gasteiger partial charge in [-0.25, -0.2) is 9.97 Å². The predicted octanol–water partition coefficient (Wildman–Crippen LogP) is 2.33. The second kappa shape index (κ2) is 8.60. The van der Waals surface area contributed by atoms with E-state index < -0.39 is 0 Å². The van der Waals surface area contributed by atoms with Crippen LogP contribution in [0.2, 0.25) is 0 Å². The van der Waals surface area contributed by atoms with Gasteiger partial charge in [0.25, 0.3) is 0 Å². The molecule has 24 heavy (non-hydrogen) atoms. The summed E-state index contributed by atoms with van der Waals surface area (Å²) in [6, 6.07) is 2.73. The number of anilines is 1. The minimum Gasteiger partial charge on any atom is -0.352 e. The van der Waals surface area contributed by atoms with Crippen LogP contribution >= 0.6 is 24.8 Å². The zero-order valence-corrected chi connectivity index (χ0v) is 15.8. The van der Waals surface area contributed by atoms with Gasteiger partial charge in [-0.2, -0.15) is 0 Å². The fourth-order valence-electron chi connectivity index (χ4n) is 2.80. The summed E-state index contributed by atoms with van der Waals surface area (Å²) in [6.45, 7) is 4.91. The monoisotopic (exact) mass is 373 g/mol. The summed E-state index contributed by atoms with van der Waals surface area (Å²) in [5.74, 6) is 2.32. The van der Waals surface area contributed by atoms with E-state index in [1.54, 1.807) is 12.7 Å². The van der Waals surface area contributed by atoms with E-state index in [1.165, 1.54) is 0 Å². The average molecular weight is 374 g/mol. The Bertz CT molecular complexity index is 640. The topological polar surface area (TPSA) is 85.8 Å². The molecule has 0 radical (unpaired) electrons. The fraction of sp³-hybridized carbons (Fsp3) is 0.600. The van der Waals surface area contributed by atoms with Crippen LogP contribution in [-0.2, 0) is 6.54 Å². The van der Waals surface area contributed by atoms with Crippen molar-refractivity contribution < 1.29 is 0 Å². The Kier molecular flexibility index (Phi) is 7.38. The molecular weight excluding hydrogens is 349 g/mol. The SMILES string of the molecule is CC(C)n1cnnc1CN(C)c1cc(C2CC(N)C2)ncn1.Cl.Cl. The average Bonchev–Trinajstić information content (AvgIpc) is 2.92. The predicted molar refractivity (Wildman–Crippen MR) is 99.0 cm³/mol. The summed E-state index contributed by atoms with van der Waals surface area (Å²) in [6.07, 6.45) is 5.44. The molecule has 0 aliphatic heterocycles. The third-order valence-electron chi connectivity index (χ3n) is 4.24. The molecule has 0 amide bonds. The van der Waals surface area contributed by atoms with Crippen LogP contribution in [0.4, 0.5) is 5.82 Å². The second-order valence-electron chi connectivity index (χ2n) is 6.33. The Morgan fingerprint density at radius 3 is 2.62 bits per heavy atom. The van der Waals surface area contributed by atoms with Crippen LogP contribution in [0, 0.1) is 0 Å². The molecule has 0 atom stereocenters. The molecule has 7 nitrogen and oxygen atoms in total. The minimum atomic E-state index is 0. The van der Waals surface area contributed by atoms with Crippen molar-refractivity contribution in [2.24, 2.45) is 5.73 Å². The lowest BCUT2D eigenvalue weighted by Gasteiger charge is -2.32. The lowest BCUT2D eigenvalue weighted by molar-refractivity contribution is 0.345. The summed E-state index contributed by atoms with van der Waals surface area (Å²) in [5.41, 5.74) is 6.95. The summed E-state index contributed by atoms with van der Waals surface area (Å²) in [5, 5.41) is 8.22. The zero-order valence-electron chi connectivity index (χ0n) is 14.2. The zero-order chi connectivity index (χ0) is 15.7. The maximum absolute atomic E-state index is 5.87. The van der Waals surface area contributed by atoms with Gasteiger partial charge in [0.15, 0.2) is 5.82 Å². The van der Waals surface area contributed by atoms with E-state index >= 15 is 0 Å². The van der Waals surface area contributed by atoms with Gasteiger partial charge in [-0.15, -0.1) is 35.0 Å². The van der Waals surface area contributed by atoms with Crippen LogP contribution in [0.5, 0.6) is 0 Å². The number of hydrogen-bond acceptors (Lipinski definition) is 6. The van der Waals surface area contributed by atoms with E-state index in [0.29, 0.717) is 24.5 Å². The molecule has 0 unspecified atom stereocenters. The van der Waals surface area contributed by atoms with Gasteiger partial charge in [0.1, 0.15) is 18.5 Å². The lowest BCUT2D eigenvalue weighted by atomic mass is 9.78. The molecule has 2 N–H and O–H groups in total. The summed E-state index contributed by atoms with van der Waals surface area (Å²) in [4.78, 5) is 10.9. The van der Waals surface area contributed by atoms with E-state index in [0.717, 1.165) is 30.2 Å². The standard InChI is InChI=1S/C15H23N7.2ClH/c1-10(2)22-9-19-20-15(22)7-21(3)14-6-13(17-8-18-14)11-4-12(16)5-11;;/h6,8-12H,4-5,7,16H2,1-3H3;2*1H. The molecule has 1 aliphatic rings. The van der Waals surface area contributed by atoms with Crippen molar-refractivity contribution in [3.8, 4) is 0 Å². The van der Waals surface area contributed by atoms with Gasteiger partial charge in [-0.3, -0.25) is 0 Å². The van der Waals surface area contributed by atoms with Crippen molar-refractivity contribution in [3.63, 3.8) is 0 Å². The van der Waals surface area contributed by atoms with Crippen molar-refractivity contribution in [2.75, 3.05) is 11.9 Å². The number of aromatic nitrogens is 5. The Morgan fingerprint density at radius 1 is 1.29 bits per heavy atom. The molecule has 1 fully saturated rings. The highest BCUT2D eigenvalue weighted by Gasteiger charge is 2.28. The van der Waals surface area contributed by atoms with Gasteiger partial charge in [-0.1, -0.05) is 0 Å². The van der Waals surface area contributed by atoms with Gasteiger partial charge in [0, 0.05) is 36.8 Å². The van der Waals surface area contributed by atoms with Crippen molar-refractivity contribution in [1.82, 2.24) is 24.7 Å². The molecule has 3 rings (SSSR count). The van der Waals surface area contributed by atoms with Crippen molar-refractivity contribution in [1.29, 1.82) is 0 Å². The molecule has 1 aliphatic carbocycles. The van der Waals surface area contributed by atoms with E-state index in [4.69, 9.17) is 5.73 Å². The molecule has 0 saturated heterocycles. The van der Waals surface area contributed by atoms with E-state index in [-0.39, 0.29) is 24.8 Å². The highest BCUT2D eigenvalue weighted by atomic mass is 35.5. The van der Waals surface area contributed by atoms with Crippen LogP contribution in [-0.4, -0.2) is 37.8 Å². The first kappa shape index (κ1) is 20.6. The van der Waals surface area contributed by atoms with Crippen molar-refractivity contribution in [2.45, 2.75) is 51.2 Å². The Morgan fingerprint density at radius 2 is 2.00 bits per heavy atom. The quantitative estimate of drug-likeness (QED) is 0.865. The number of hydrogen-bond donors (Lipinski definition) is 1. The second-order valence-corrected chi connectivity index (χ2v) is 6.33. The van der Waals surface area contributed by atoms with E-state index in [1.807, 2.05) is 7.05 Å². The van der Waals surface area contributed by atoms with Gasteiger partial charge < -0.3 is 15.2 Å². The van der Waals surface area contributed by atoms with E-state index in [9.17, 15) is 0 Å². The minimum absolute atomic E-state index is 0. The Balaban J connectivity index is 0.00000144. The van der Waals surface area contributed by atoms with Gasteiger partial charge in [0.05, 0.1) is 6.54 Å². The number of nitrogens with two attached hydrogens (primary N) is 1. The third-order valence-corrected chi connectivity index (χ3v) is 4.24.